The molecule has 0 saturated carbocycles. The fourth-order valence-corrected chi connectivity index (χ4v) is 2.29. The zero-order valence-electron chi connectivity index (χ0n) is 16.2. The molecule has 1 aromatic heterocycles. The molecular weight excluding hydrogens is 360 g/mol. The molecule has 9 nitrogen and oxygen atoms in total. The highest BCUT2D eigenvalue weighted by atomic mass is 16.2. The Bertz CT molecular complexity index is 804. The van der Waals surface area contributed by atoms with Crippen molar-refractivity contribution in [2.75, 3.05) is 23.7 Å². The third-order valence-corrected chi connectivity index (χ3v) is 3.92. The quantitative estimate of drug-likeness (QED) is 0.519. The minimum absolute atomic E-state index is 0.0602. The molecule has 0 aliphatic heterocycles. The van der Waals surface area contributed by atoms with Gasteiger partial charge >= 0.3 is 6.03 Å². The molecule has 9 heteroatoms. The van der Waals surface area contributed by atoms with E-state index in [0.717, 1.165) is 0 Å². The highest BCUT2D eigenvalue weighted by Gasteiger charge is 2.15. The fraction of sp³-hybridized carbons (Fsp3) is 0.368. The monoisotopic (exact) mass is 386 g/mol. The molecule has 1 heterocycles. The zero-order chi connectivity index (χ0) is 20.5. The number of benzene rings is 1. The van der Waals surface area contributed by atoms with Gasteiger partial charge in [0.2, 0.25) is 11.8 Å². The van der Waals surface area contributed by atoms with Crippen LogP contribution in [0.15, 0.2) is 42.7 Å². The minimum Gasteiger partial charge on any atom is -0.354 e. The molecule has 4 N–H and O–H groups in total. The van der Waals surface area contributed by atoms with Crippen LogP contribution in [0.1, 0.15) is 26.8 Å². The first-order valence-corrected chi connectivity index (χ1v) is 9.09. The summed E-state index contributed by atoms with van der Waals surface area (Å²) in [4.78, 5) is 35.7. The maximum Gasteiger partial charge on any atom is 0.319 e. The van der Waals surface area contributed by atoms with Crippen molar-refractivity contribution >= 4 is 29.2 Å². The maximum absolute atomic E-state index is 12.3. The first kappa shape index (κ1) is 20.9. The fourth-order valence-electron chi connectivity index (χ4n) is 2.29. The number of carbonyl (C=O) groups is 3. The molecule has 0 bridgehead atoms. The SMILES string of the molecule is CC(C)C(=O)NCCNC(=O)Nc1cccc(NC(=O)[C@H](C)n2cccn2)c1. The summed E-state index contributed by atoms with van der Waals surface area (Å²) in [5, 5.41) is 14.9. The number of rotatable bonds is 8. The van der Waals surface area contributed by atoms with E-state index in [2.05, 4.69) is 26.4 Å². The Labute approximate surface area is 163 Å². The Morgan fingerprint density at radius 3 is 2.29 bits per heavy atom. The van der Waals surface area contributed by atoms with Crippen LogP contribution >= 0.6 is 0 Å². The molecule has 150 valence electrons. The molecule has 1 atom stereocenters. The number of urea groups is 1. The molecule has 0 aliphatic rings. The van der Waals surface area contributed by atoms with Crippen LogP contribution in [0.5, 0.6) is 0 Å². The van der Waals surface area contributed by atoms with Gasteiger partial charge in [0.25, 0.3) is 0 Å². The van der Waals surface area contributed by atoms with Crippen molar-refractivity contribution in [3.05, 3.63) is 42.7 Å². The summed E-state index contributed by atoms with van der Waals surface area (Å²) < 4.78 is 1.56. The number of hydrogen-bond acceptors (Lipinski definition) is 4. The van der Waals surface area contributed by atoms with E-state index in [4.69, 9.17) is 0 Å². The number of aromatic nitrogens is 2. The number of carbonyl (C=O) groups excluding carboxylic acids is 3. The predicted molar refractivity (Wildman–Crippen MR) is 107 cm³/mol. The van der Waals surface area contributed by atoms with Crippen molar-refractivity contribution in [2.24, 2.45) is 5.92 Å². The van der Waals surface area contributed by atoms with Gasteiger partial charge in [-0.1, -0.05) is 19.9 Å². The lowest BCUT2D eigenvalue weighted by Gasteiger charge is -2.14. The van der Waals surface area contributed by atoms with Crippen molar-refractivity contribution in [1.29, 1.82) is 0 Å². The van der Waals surface area contributed by atoms with Gasteiger partial charge < -0.3 is 21.3 Å². The van der Waals surface area contributed by atoms with Gasteiger partial charge in [0.1, 0.15) is 6.04 Å². The topological polar surface area (TPSA) is 117 Å². The largest absolute Gasteiger partial charge is 0.354 e. The van der Waals surface area contributed by atoms with Crippen LogP contribution in [-0.4, -0.2) is 40.7 Å². The van der Waals surface area contributed by atoms with Crippen LogP contribution in [0.25, 0.3) is 0 Å². The van der Waals surface area contributed by atoms with Gasteiger partial charge in [-0.25, -0.2) is 4.79 Å². The summed E-state index contributed by atoms with van der Waals surface area (Å²) in [6.07, 6.45) is 3.33. The van der Waals surface area contributed by atoms with Crippen LogP contribution in [0.3, 0.4) is 0 Å². The predicted octanol–water partition coefficient (Wildman–Crippen LogP) is 1.98. The molecular formula is C19H26N6O3. The molecule has 0 unspecified atom stereocenters. The third kappa shape index (κ3) is 6.42. The number of anilines is 2. The standard InChI is InChI=1S/C19H26N6O3/c1-13(2)17(26)20-9-10-21-19(28)24-16-7-4-6-15(12-16)23-18(27)14(3)25-11-5-8-22-25/h4-8,11-14H,9-10H2,1-3H3,(H,20,26)(H,23,27)(H2,21,24,28)/t14-/m0/s1. The van der Waals surface area contributed by atoms with Crippen LogP contribution < -0.4 is 21.3 Å². The zero-order valence-corrected chi connectivity index (χ0v) is 16.2. The number of amides is 4. The average molecular weight is 386 g/mol. The lowest BCUT2D eigenvalue weighted by atomic mass is 10.2. The van der Waals surface area contributed by atoms with E-state index in [1.807, 2.05) is 0 Å². The highest BCUT2D eigenvalue weighted by molar-refractivity contribution is 5.95. The summed E-state index contributed by atoms with van der Waals surface area (Å²) in [5.74, 6) is -0.371. The lowest BCUT2D eigenvalue weighted by molar-refractivity contribution is -0.124. The van der Waals surface area contributed by atoms with Crippen molar-refractivity contribution in [3.8, 4) is 0 Å². The molecule has 2 aromatic rings. The van der Waals surface area contributed by atoms with Crippen LogP contribution in [0, 0.1) is 5.92 Å². The highest BCUT2D eigenvalue weighted by Crippen LogP contribution is 2.16. The normalized spacial score (nSPS) is 11.6. The maximum atomic E-state index is 12.3. The van der Waals surface area contributed by atoms with Gasteiger partial charge in [-0.15, -0.1) is 0 Å². The van der Waals surface area contributed by atoms with Crippen LogP contribution in [0.2, 0.25) is 0 Å². The summed E-state index contributed by atoms with van der Waals surface area (Å²) in [7, 11) is 0. The molecule has 0 radical (unpaired) electrons. The van der Waals surface area contributed by atoms with E-state index in [-0.39, 0.29) is 17.7 Å². The first-order valence-electron chi connectivity index (χ1n) is 9.09. The van der Waals surface area contributed by atoms with E-state index in [1.165, 1.54) is 0 Å². The van der Waals surface area contributed by atoms with Crippen molar-refractivity contribution in [2.45, 2.75) is 26.8 Å². The third-order valence-electron chi connectivity index (χ3n) is 3.92. The number of nitrogens with zero attached hydrogens (tertiary/aromatic N) is 2. The Morgan fingerprint density at radius 2 is 1.64 bits per heavy atom. The summed E-state index contributed by atoms with van der Waals surface area (Å²) in [6.45, 7) is 6.01. The van der Waals surface area contributed by atoms with Gasteiger partial charge in [0, 0.05) is 42.8 Å². The molecule has 4 amide bonds. The second kappa shape index (κ2) is 10.1. The van der Waals surface area contributed by atoms with Gasteiger partial charge in [-0.2, -0.15) is 5.10 Å². The molecule has 0 fully saturated rings. The summed E-state index contributed by atoms with van der Waals surface area (Å²) >= 11 is 0. The lowest BCUT2D eigenvalue weighted by Crippen LogP contribution is -2.38. The Kier molecular flexibility index (Phi) is 7.55. The van der Waals surface area contributed by atoms with Crippen molar-refractivity contribution in [3.63, 3.8) is 0 Å². The second-order valence-electron chi connectivity index (χ2n) is 6.56. The first-order chi connectivity index (χ1) is 13.4. The van der Waals surface area contributed by atoms with E-state index >= 15 is 0 Å². The van der Waals surface area contributed by atoms with Gasteiger partial charge in [0.15, 0.2) is 0 Å². The van der Waals surface area contributed by atoms with Crippen molar-refractivity contribution in [1.82, 2.24) is 20.4 Å². The van der Waals surface area contributed by atoms with Crippen LogP contribution in [-0.2, 0) is 9.59 Å². The smallest absolute Gasteiger partial charge is 0.319 e. The Balaban J connectivity index is 1.81. The van der Waals surface area contributed by atoms with Gasteiger partial charge in [-0.05, 0) is 31.2 Å². The molecule has 2 rings (SSSR count). The minimum atomic E-state index is -0.462. The van der Waals surface area contributed by atoms with E-state index < -0.39 is 12.1 Å². The molecule has 28 heavy (non-hydrogen) atoms. The second-order valence-corrected chi connectivity index (χ2v) is 6.56. The number of nitrogens with one attached hydrogen (secondary N) is 4. The van der Waals surface area contributed by atoms with Gasteiger partial charge in [-0.3, -0.25) is 14.3 Å². The van der Waals surface area contributed by atoms with Gasteiger partial charge in [0.05, 0.1) is 0 Å². The summed E-state index contributed by atoms with van der Waals surface area (Å²) in [6, 6.07) is 7.73. The average Bonchev–Trinajstić information content (AvgIpc) is 3.19. The molecule has 0 spiro atoms. The molecule has 1 aromatic carbocycles. The summed E-state index contributed by atoms with van der Waals surface area (Å²) in [5.41, 5.74) is 1.10. The van der Waals surface area contributed by atoms with E-state index in [1.54, 1.807) is 68.2 Å². The van der Waals surface area contributed by atoms with E-state index in [9.17, 15) is 14.4 Å². The number of hydrogen-bond donors (Lipinski definition) is 4. The van der Waals surface area contributed by atoms with Crippen LogP contribution in [0.4, 0.5) is 16.2 Å². The Morgan fingerprint density at radius 1 is 0.964 bits per heavy atom. The molecule has 0 saturated heterocycles. The molecule has 0 aliphatic carbocycles. The Hall–Kier alpha value is -3.36. The van der Waals surface area contributed by atoms with Crippen molar-refractivity contribution < 1.29 is 14.4 Å². The van der Waals surface area contributed by atoms with E-state index in [0.29, 0.717) is 24.5 Å².